The van der Waals surface area contributed by atoms with Gasteiger partial charge in [-0.05, 0) is 18.8 Å². The number of hydrogen-bond acceptors (Lipinski definition) is 4. The molecule has 1 fully saturated rings. The summed E-state index contributed by atoms with van der Waals surface area (Å²) in [6.45, 7) is 6.30. The molecule has 0 aromatic carbocycles. The molecule has 1 aromatic heterocycles. The molecule has 2 rings (SSSR count). The van der Waals surface area contributed by atoms with Crippen molar-refractivity contribution < 1.29 is 8.42 Å². The topological polar surface area (TPSA) is 78.0 Å². The van der Waals surface area contributed by atoms with Gasteiger partial charge >= 0.3 is 0 Å². The van der Waals surface area contributed by atoms with Crippen molar-refractivity contribution in [3.8, 4) is 0 Å². The van der Waals surface area contributed by atoms with E-state index in [-0.39, 0.29) is 17.5 Å². The van der Waals surface area contributed by atoms with Gasteiger partial charge in [0.25, 0.3) is 0 Å². The fourth-order valence-corrected chi connectivity index (χ4v) is 4.41. The van der Waals surface area contributed by atoms with Crippen molar-refractivity contribution in [3.63, 3.8) is 0 Å². The van der Waals surface area contributed by atoms with Crippen molar-refractivity contribution in [1.82, 2.24) is 9.78 Å². The van der Waals surface area contributed by atoms with E-state index in [0.29, 0.717) is 18.2 Å². The van der Waals surface area contributed by atoms with Gasteiger partial charge in [-0.1, -0.05) is 27.2 Å². The third-order valence-corrected chi connectivity index (χ3v) is 5.43. The number of aromatic nitrogens is 2. The zero-order chi connectivity index (χ0) is 14.2. The molecule has 1 unspecified atom stereocenters. The fraction of sp³-hybridized carbons (Fsp3) is 0.769. The fourth-order valence-electron chi connectivity index (χ4n) is 2.72. The Morgan fingerprint density at radius 2 is 2.16 bits per heavy atom. The zero-order valence-corrected chi connectivity index (χ0v) is 12.7. The first-order valence-corrected chi connectivity index (χ1v) is 8.75. The van der Waals surface area contributed by atoms with Gasteiger partial charge in [0.05, 0.1) is 23.2 Å². The minimum atomic E-state index is -2.91. The molecule has 2 heterocycles. The second-order valence-electron chi connectivity index (χ2n) is 5.66. The maximum atomic E-state index is 11.6. The Bertz CT molecular complexity index is 561. The maximum absolute atomic E-state index is 11.6. The van der Waals surface area contributed by atoms with Gasteiger partial charge in [0.2, 0.25) is 0 Å². The molecular formula is C13H23N3O2S. The Hall–Kier alpha value is -1.04. The van der Waals surface area contributed by atoms with Crippen LogP contribution in [0.5, 0.6) is 0 Å². The van der Waals surface area contributed by atoms with Crippen LogP contribution >= 0.6 is 0 Å². The molecule has 0 aliphatic carbocycles. The molecule has 5 nitrogen and oxygen atoms in total. The Labute approximate surface area is 115 Å². The molecule has 0 bridgehead atoms. The Kier molecular flexibility index (Phi) is 3.90. The van der Waals surface area contributed by atoms with Crippen LogP contribution < -0.4 is 5.73 Å². The normalized spacial score (nSPS) is 22.2. The van der Waals surface area contributed by atoms with Gasteiger partial charge < -0.3 is 5.73 Å². The van der Waals surface area contributed by atoms with Crippen LogP contribution in [0, 0.1) is 0 Å². The zero-order valence-electron chi connectivity index (χ0n) is 11.9. The molecular weight excluding hydrogens is 262 g/mol. The minimum absolute atomic E-state index is 0.0897. The second-order valence-corrected chi connectivity index (χ2v) is 7.88. The molecule has 2 N–H and O–H groups in total. The summed E-state index contributed by atoms with van der Waals surface area (Å²) in [6.07, 6.45) is 2.54. The van der Waals surface area contributed by atoms with E-state index in [4.69, 9.17) is 5.73 Å². The number of anilines is 1. The lowest BCUT2D eigenvalue weighted by atomic mass is 10.0. The molecule has 0 amide bonds. The summed E-state index contributed by atoms with van der Waals surface area (Å²) in [5, 5.41) is 4.60. The van der Waals surface area contributed by atoms with Crippen LogP contribution in [-0.2, 0) is 16.3 Å². The van der Waals surface area contributed by atoms with Crippen LogP contribution in [0.1, 0.15) is 56.8 Å². The average molecular weight is 285 g/mol. The van der Waals surface area contributed by atoms with Crippen LogP contribution in [0.25, 0.3) is 0 Å². The first-order chi connectivity index (χ1) is 8.85. The average Bonchev–Trinajstić information content (AvgIpc) is 2.81. The highest BCUT2D eigenvalue weighted by atomic mass is 32.2. The SMILES string of the molecule is CCCc1c(C(C)C)nn(C2CCS(=O)(=O)C2)c1N. The predicted octanol–water partition coefficient (Wildman–Crippen LogP) is 1.90. The van der Waals surface area contributed by atoms with Crippen molar-refractivity contribution in [2.24, 2.45) is 0 Å². The van der Waals surface area contributed by atoms with Crippen LogP contribution in [0.2, 0.25) is 0 Å². The van der Waals surface area contributed by atoms with Gasteiger partial charge in [-0.15, -0.1) is 0 Å². The highest BCUT2D eigenvalue weighted by Gasteiger charge is 2.32. The van der Waals surface area contributed by atoms with E-state index < -0.39 is 9.84 Å². The highest BCUT2D eigenvalue weighted by molar-refractivity contribution is 7.91. The summed E-state index contributed by atoms with van der Waals surface area (Å²) in [7, 11) is -2.91. The van der Waals surface area contributed by atoms with Crippen molar-refractivity contribution in [2.45, 2.75) is 52.0 Å². The summed E-state index contributed by atoms with van der Waals surface area (Å²) >= 11 is 0. The van der Waals surface area contributed by atoms with E-state index in [2.05, 4.69) is 25.9 Å². The maximum Gasteiger partial charge on any atom is 0.152 e. The highest BCUT2D eigenvalue weighted by Crippen LogP contribution is 2.31. The van der Waals surface area contributed by atoms with E-state index in [9.17, 15) is 8.42 Å². The van der Waals surface area contributed by atoms with Crippen molar-refractivity contribution >= 4 is 15.7 Å². The molecule has 1 saturated heterocycles. The smallest absolute Gasteiger partial charge is 0.152 e. The van der Waals surface area contributed by atoms with Crippen molar-refractivity contribution in [2.75, 3.05) is 17.2 Å². The van der Waals surface area contributed by atoms with Crippen molar-refractivity contribution in [3.05, 3.63) is 11.3 Å². The van der Waals surface area contributed by atoms with E-state index in [1.807, 2.05) is 0 Å². The first-order valence-electron chi connectivity index (χ1n) is 6.93. The number of rotatable bonds is 4. The molecule has 19 heavy (non-hydrogen) atoms. The molecule has 108 valence electrons. The molecule has 1 aromatic rings. The third-order valence-electron chi connectivity index (χ3n) is 3.68. The van der Waals surface area contributed by atoms with Gasteiger partial charge in [-0.2, -0.15) is 5.10 Å². The van der Waals surface area contributed by atoms with Gasteiger partial charge in [-0.3, -0.25) is 0 Å². The number of nitrogens with two attached hydrogens (primary N) is 1. The number of sulfone groups is 1. The molecule has 6 heteroatoms. The molecule has 0 saturated carbocycles. The Balaban J connectivity index is 2.39. The van der Waals surface area contributed by atoms with E-state index in [0.717, 1.165) is 24.1 Å². The largest absolute Gasteiger partial charge is 0.384 e. The van der Waals surface area contributed by atoms with Gasteiger partial charge in [-0.25, -0.2) is 13.1 Å². The summed E-state index contributed by atoms with van der Waals surface area (Å²) in [5.74, 6) is 1.38. The Morgan fingerprint density at radius 1 is 1.47 bits per heavy atom. The summed E-state index contributed by atoms with van der Waals surface area (Å²) < 4.78 is 24.9. The number of nitrogens with zero attached hydrogens (tertiary/aromatic N) is 2. The van der Waals surface area contributed by atoms with Crippen molar-refractivity contribution in [1.29, 1.82) is 0 Å². The molecule has 1 aliphatic heterocycles. The van der Waals surface area contributed by atoms with Gasteiger partial charge in [0, 0.05) is 5.56 Å². The quantitative estimate of drug-likeness (QED) is 0.916. The number of hydrogen-bond donors (Lipinski definition) is 1. The summed E-state index contributed by atoms with van der Waals surface area (Å²) in [5.41, 5.74) is 8.32. The molecule has 0 radical (unpaired) electrons. The molecule has 0 spiro atoms. The van der Waals surface area contributed by atoms with E-state index >= 15 is 0 Å². The first kappa shape index (κ1) is 14.4. The summed E-state index contributed by atoms with van der Waals surface area (Å²) in [6, 6.07) is -0.0897. The van der Waals surface area contributed by atoms with Crippen LogP contribution in [-0.4, -0.2) is 29.7 Å². The van der Waals surface area contributed by atoms with Crippen LogP contribution in [0.15, 0.2) is 0 Å². The predicted molar refractivity (Wildman–Crippen MR) is 77.0 cm³/mol. The molecule has 1 atom stereocenters. The standard InChI is InChI=1S/C13H23N3O2S/c1-4-5-11-12(9(2)3)15-16(13(11)14)10-6-7-19(17,18)8-10/h9-10H,4-8,14H2,1-3H3. The van der Waals surface area contributed by atoms with Gasteiger partial charge in [0.15, 0.2) is 9.84 Å². The lowest BCUT2D eigenvalue weighted by Crippen LogP contribution is -2.15. The van der Waals surface area contributed by atoms with E-state index in [1.165, 1.54) is 0 Å². The summed E-state index contributed by atoms with van der Waals surface area (Å²) in [4.78, 5) is 0. The minimum Gasteiger partial charge on any atom is -0.384 e. The van der Waals surface area contributed by atoms with Crippen LogP contribution in [0.3, 0.4) is 0 Å². The van der Waals surface area contributed by atoms with Crippen LogP contribution in [0.4, 0.5) is 5.82 Å². The Morgan fingerprint density at radius 3 is 2.63 bits per heavy atom. The van der Waals surface area contributed by atoms with E-state index in [1.54, 1.807) is 4.68 Å². The lowest BCUT2D eigenvalue weighted by molar-refractivity contribution is 0.499. The lowest BCUT2D eigenvalue weighted by Gasteiger charge is -2.10. The third kappa shape index (κ3) is 2.78. The van der Waals surface area contributed by atoms with Gasteiger partial charge in [0.1, 0.15) is 5.82 Å². The molecule has 1 aliphatic rings. The monoisotopic (exact) mass is 285 g/mol. The number of nitrogen functional groups attached to an aromatic ring is 1. The second kappa shape index (κ2) is 5.15.